The van der Waals surface area contributed by atoms with Crippen LogP contribution in [-0.2, 0) is 10.2 Å². The molecule has 6 heteroatoms. The number of nitrogens with one attached hydrogen (secondary N) is 1. The summed E-state index contributed by atoms with van der Waals surface area (Å²) in [6, 6.07) is 0. The number of aliphatic hydroxyl groups is 1. The smallest absolute Gasteiger partial charge is 0.279 e. The maximum Gasteiger partial charge on any atom is 0.279 e. The summed E-state index contributed by atoms with van der Waals surface area (Å²) in [6.45, 7) is 1.82. The van der Waals surface area contributed by atoms with Crippen molar-refractivity contribution in [2.45, 2.75) is 38.5 Å². The Balaban J connectivity index is 1.79. The van der Waals surface area contributed by atoms with E-state index in [4.69, 9.17) is 5.11 Å². The third-order valence-electron chi connectivity index (χ3n) is 4.20. The summed E-state index contributed by atoms with van der Waals surface area (Å²) in [5.74, 6) is 0.793. The molecule has 2 N–H and O–H groups in total. The molecule has 5 nitrogen and oxygen atoms in total. The molecule has 1 aliphatic carbocycles. The maximum atomic E-state index is 12.1. The highest BCUT2D eigenvalue weighted by Crippen LogP contribution is 2.24. The molecule has 0 unspecified atom stereocenters. The van der Waals surface area contributed by atoms with Gasteiger partial charge < -0.3 is 5.11 Å². The van der Waals surface area contributed by atoms with Gasteiger partial charge in [-0.05, 0) is 37.5 Å². The van der Waals surface area contributed by atoms with Crippen molar-refractivity contribution >= 4 is 10.2 Å². The Bertz CT molecular complexity index is 344. The lowest BCUT2D eigenvalue weighted by Gasteiger charge is -2.30. The fraction of sp³-hybridized carbons (Fsp3) is 1.00. The summed E-state index contributed by atoms with van der Waals surface area (Å²) in [6.07, 6.45) is 6.29. The van der Waals surface area contributed by atoms with Crippen LogP contribution < -0.4 is 4.72 Å². The molecule has 1 heterocycles. The lowest BCUT2D eigenvalue weighted by Crippen LogP contribution is -2.46. The van der Waals surface area contributed by atoms with Gasteiger partial charge >= 0.3 is 0 Å². The molecule has 18 heavy (non-hydrogen) atoms. The first kappa shape index (κ1) is 14.2. The van der Waals surface area contributed by atoms with Crippen LogP contribution in [0.3, 0.4) is 0 Å². The van der Waals surface area contributed by atoms with Crippen LogP contribution in [0.5, 0.6) is 0 Å². The minimum absolute atomic E-state index is 0.170. The normalized spacial score (nSPS) is 24.7. The molecule has 2 aliphatic rings. The molecule has 1 saturated heterocycles. The van der Waals surface area contributed by atoms with Crippen LogP contribution in [0.2, 0.25) is 0 Å². The molecule has 0 aromatic rings. The number of rotatable bonds is 5. The summed E-state index contributed by atoms with van der Waals surface area (Å²) in [4.78, 5) is 0. The molecule has 106 valence electrons. The highest BCUT2D eigenvalue weighted by Gasteiger charge is 2.28. The van der Waals surface area contributed by atoms with Crippen molar-refractivity contribution in [1.29, 1.82) is 0 Å². The van der Waals surface area contributed by atoms with Crippen LogP contribution in [-0.4, -0.2) is 44.1 Å². The van der Waals surface area contributed by atoms with Crippen molar-refractivity contribution in [2.75, 3.05) is 26.2 Å². The fourth-order valence-electron chi connectivity index (χ4n) is 2.86. The predicted octanol–water partition coefficient (Wildman–Crippen LogP) is 0.715. The van der Waals surface area contributed by atoms with E-state index in [0.29, 0.717) is 25.6 Å². The van der Waals surface area contributed by atoms with Crippen molar-refractivity contribution in [3.8, 4) is 0 Å². The molecular weight excluding hydrogens is 252 g/mol. The Kier molecular flexibility index (Phi) is 5.00. The molecular formula is C12H24N2O3S. The Morgan fingerprint density at radius 2 is 1.67 bits per heavy atom. The van der Waals surface area contributed by atoms with Crippen LogP contribution in [0.1, 0.15) is 38.5 Å². The van der Waals surface area contributed by atoms with Gasteiger partial charge in [-0.15, -0.1) is 0 Å². The van der Waals surface area contributed by atoms with E-state index in [1.807, 2.05) is 0 Å². The third-order valence-corrected chi connectivity index (χ3v) is 5.78. The molecule has 2 fully saturated rings. The summed E-state index contributed by atoms with van der Waals surface area (Å²) >= 11 is 0. The van der Waals surface area contributed by atoms with E-state index < -0.39 is 10.2 Å². The monoisotopic (exact) mass is 276 g/mol. The maximum absolute atomic E-state index is 12.1. The van der Waals surface area contributed by atoms with Crippen LogP contribution in [0.25, 0.3) is 0 Å². The van der Waals surface area contributed by atoms with E-state index in [9.17, 15) is 8.42 Å². The zero-order chi connectivity index (χ0) is 13.0. The van der Waals surface area contributed by atoms with Gasteiger partial charge in [-0.1, -0.05) is 12.8 Å². The van der Waals surface area contributed by atoms with Crippen LogP contribution in [0.4, 0.5) is 0 Å². The third kappa shape index (κ3) is 3.66. The number of aliphatic hydroxyl groups excluding tert-OH is 1. The Morgan fingerprint density at radius 3 is 2.22 bits per heavy atom. The predicted molar refractivity (Wildman–Crippen MR) is 70.3 cm³/mol. The first-order valence-corrected chi connectivity index (χ1v) is 8.41. The summed E-state index contributed by atoms with van der Waals surface area (Å²) in [7, 11) is -3.30. The van der Waals surface area contributed by atoms with Crippen molar-refractivity contribution in [3.63, 3.8) is 0 Å². The number of hydrogen-bond acceptors (Lipinski definition) is 3. The Labute approximate surface area is 110 Å². The standard InChI is InChI=1S/C12H24N2O3S/c15-10-12-5-7-14(8-6-12)18(16,17)13-9-11-3-1-2-4-11/h11-13,15H,1-10H2. The zero-order valence-corrected chi connectivity index (χ0v) is 11.7. The van der Waals surface area contributed by atoms with Crippen molar-refractivity contribution in [1.82, 2.24) is 9.03 Å². The molecule has 1 saturated carbocycles. The van der Waals surface area contributed by atoms with E-state index >= 15 is 0 Å². The van der Waals surface area contributed by atoms with Crippen LogP contribution >= 0.6 is 0 Å². The lowest BCUT2D eigenvalue weighted by atomic mass is 10.00. The van der Waals surface area contributed by atoms with E-state index in [1.165, 1.54) is 17.1 Å². The topological polar surface area (TPSA) is 69.6 Å². The van der Waals surface area contributed by atoms with Crippen LogP contribution in [0.15, 0.2) is 0 Å². The molecule has 2 rings (SSSR count). The molecule has 0 radical (unpaired) electrons. The number of hydrogen-bond donors (Lipinski definition) is 2. The molecule has 0 spiro atoms. The second-order valence-corrected chi connectivity index (χ2v) is 7.28. The molecule has 0 atom stereocenters. The van der Waals surface area contributed by atoms with Crippen molar-refractivity contribution in [2.24, 2.45) is 11.8 Å². The van der Waals surface area contributed by atoms with Gasteiger partial charge in [0.05, 0.1) is 0 Å². The highest BCUT2D eigenvalue weighted by atomic mass is 32.2. The van der Waals surface area contributed by atoms with Crippen LogP contribution in [0, 0.1) is 11.8 Å². The second-order valence-electron chi connectivity index (χ2n) is 5.53. The largest absolute Gasteiger partial charge is 0.396 e. The SMILES string of the molecule is O=S(=O)(NCC1CCCC1)N1CCC(CO)CC1. The summed E-state index contributed by atoms with van der Waals surface area (Å²) in [5.41, 5.74) is 0. The highest BCUT2D eigenvalue weighted by molar-refractivity contribution is 7.87. The quantitative estimate of drug-likeness (QED) is 0.777. The average Bonchev–Trinajstić information content (AvgIpc) is 2.90. The molecule has 0 aromatic heterocycles. The van der Waals surface area contributed by atoms with Gasteiger partial charge in [0.25, 0.3) is 10.2 Å². The van der Waals surface area contributed by atoms with E-state index in [0.717, 1.165) is 25.7 Å². The first-order valence-electron chi connectivity index (χ1n) is 6.97. The van der Waals surface area contributed by atoms with Gasteiger partial charge in [-0.25, -0.2) is 4.72 Å². The average molecular weight is 276 g/mol. The molecule has 0 bridgehead atoms. The second kappa shape index (κ2) is 6.32. The van der Waals surface area contributed by atoms with E-state index in [1.54, 1.807) is 0 Å². The van der Waals surface area contributed by atoms with E-state index in [-0.39, 0.29) is 12.5 Å². The number of piperidine rings is 1. The van der Waals surface area contributed by atoms with Gasteiger partial charge in [0.15, 0.2) is 0 Å². The summed E-state index contributed by atoms with van der Waals surface area (Å²) in [5, 5.41) is 9.04. The molecule has 1 aliphatic heterocycles. The lowest BCUT2D eigenvalue weighted by molar-refractivity contribution is 0.169. The van der Waals surface area contributed by atoms with Gasteiger partial charge in [-0.2, -0.15) is 12.7 Å². The molecule has 0 amide bonds. The van der Waals surface area contributed by atoms with Crippen molar-refractivity contribution < 1.29 is 13.5 Å². The number of nitrogens with zero attached hydrogens (tertiary/aromatic N) is 1. The Morgan fingerprint density at radius 1 is 1.06 bits per heavy atom. The van der Waals surface area contributed by atoms with Crippen molar-refractivity contribution in [3.05, 3.63) is 0 Å². The minimum atomic E-state index is -3.30. The zero-order valence-electron chi connectivity index (χ0n) is 10.8. The minimum Gasteiger partial charge on any atom is -0.396 e. The first-order chi connectivity index (χ1) is 8.62. The fourth-order valence-corrected chi connectivity index (χ4v) is 4.18. The van der Waals surface area contributed by atoms with Gasteiger partial charge in [0, 0.05) is 26.2 Å². The van der Waals surface area contributed by atoms with Gasteiger partial charge in [0.1, 0.15) is 0 Å². The van der Waals surface area contributed by atoms with Gasteiger partial charge in [0.2, 0.25) is 0 Å². The molecule has 0 aromatic carbocycles. The van der Waals surface area contributed by atoms with E-state index in [2.05, 4.69) is 4.72 Å². The summed E-state index contributed by atoms with van der Waals surface area (Å²) < 4.78 is 28.4. The Hall–Kier alpha value is -0.170. The van der Waals surface area contributed by atoms with Gasteiger partial charge in [-0.3, -0.25) is 0 Å².